The van der Waals surface area contributed by atoms with Gasteiger partial charge in [0.05, 0.1) is 0 Å². The Kier molecular flexibility index (Phi) is 3.45. The molecule has 4 atom stereocenters. The van der Waals surface area contributed by atoms with E-state index in [-0.39, 0.29) is 34.7 Å². The molecule has 0 heterocycles. The van der Waals surface area contributed by atoms with Gasteiger partial charge >= 0.3 is 0 Å². The third-order valence-electron chi connectivity index (χ3n) is 6.82. The molecule has 3 aliphatic carbocycles. The first-order valence-corrected chi connectivity index (χ1v) is 8.97. The van der Waals surface area contributed by atoms with Gasteiger partial charge in [-0.3, -0.25) is 9.59 Å². The number of hydrogen-bond acceptors (Lipinski definition) is 3. The smallest absolute Gasteiger partial charge is 0.141 e. The van der Waals surface area contributed by atoms with Crippen molar-refractivity contribution in [3.8, 4) is 5.75 Å². The molecule has 0 aromatic heterocycles. The molecule has 3 heteroatoms. The Bertz CT molecular complexity index is 748. The molecule has 0 saturated heterocycles. The number of Topliss-reactive ketones (excluding diaryl/α,β-unsaturated/α-hetero) is 2. The molecule has 0 radical (unpaired) electrons. The van der Waals surface area contributed by atoms with Crippen LogP contribution in [0.1, 0.15) is 55.2 Å². The maximum Gasteiger partial charge on any atom is 0.141 e. The summed E-state index contributed by atoms with van der Waals surface area (Å²) >= 11 is 0. The topological polar surface area (TPSA) is 54.4 Å². The van der Waals surface area contributed by atoms with Crippen molar-refractivity contribution in [1.29, 1.82) is 0 Å². The van der Waals surface area contributed by atoms with E-state index in [9.17, 15) is 14.7 Å². The number of carbonyl (C=O) groups is 2. The average molecular weight is 324 g/mol. The molecule has 3 aliphatic rings. The van der Waals surface area contributed by atoms with Crippen LogP contribution in [-0.2, 0) is 22.4 Å². The second kappa shape index (κ2) is 5.30. The van der Waals surface area contributed by atoms with Gasteiger partial charge < -0.3 is 5.11 Å². The average Bonchev–Trinajstić information content (AvgIpc) is 2.84. The van der Waals surface area contributed by atoms with Gasteiger partial charge in [0.1, 0.15) is 17.3 Å². The minimum atomic E-state index is -0.296. The number of rotatable bonds is 2. The number of benzene rings is 1. The molecule has 0 amide bonds. The van der Waals surface area contributed by atoms with E-state index in [0.717, 1.165) is 30.4 Å². The highest BCUT2D eigenvalue weighted by molar-refractivity contribution is 5.92. The number of fused-ring (bicyclic) bond motifs is 5. The minimum absolute atomic E-state index is 0.0242. The highest BCUT2D eigenvalue weighted by Crippen LogP contribution is 2.58. The van der Waals surface area contributed by atoms with Crippen LogP contribution in [0.2, 0.25) is 0 Å². The zero-order valence-corrected chi connectivity index (χ0v) is 14.2. The maximum absolute atomic E-state index is 12.9. The number of hydrogen-bond donors (Lipinski definition) is 1. The van der Waals surface area contributed by atoms with Crippen LogP contribution in [0.15, 0.2) is 24.8 Å². The molecule has 1 aromatic rings. The highest BCUT2D eigenvalue weighted by Gasteiger charge is 2.56. The van der Waals surface area contributed by atoms with Crippen LogP contribution in [0.25, 0.3) is 0 Å². The maximum atomic E-state index is 12.9. The van der Waals surface area contributed by atoms with Crippen molar-refractivity contribution in [1.82, 2.24) is 0 Å². The van der Waals surface area contributed by atoms with E-state index >= 15 is 0 Å². The fourth-order valence-electron chi connectivity index (χ4n) is 5.53. The molecule has 0 aliphatic heterocycles. The molecule has 0 bridgehead atoms. The summed E-state index contributed by atoms with van der Waals surface area (Å²) in [5.41, 5.74) is 2.78. The number of carbonyl (C=O) groups excluding carboxylic acids is 2. The van der Waals surface area contributed by atoms with Crippen LogP contribution in [0.5, 0.6) is 5.75 Å². The molecule has 3 nitrogen and oxygen atoms in total. The molecular formula is C21H24O3. The van der Waals surface area contributed by atoms with Crippen molar-refractivity contribution < 1.29 is 14.7 Å². The van der Waals surface area contributed by atoms with Crippen LogP contribution in [0.3, 0.4) is 0 Å². The molecular weight excluding hydrogens is 300 g/mol. The first kappa shape index (κ1) is 15.6. The van der Waals surface area contributed by atoms with Gasteiger partial charge in [-0.05, 0) is 60.3 Å². The van der Waals surface area contributed by atoms with Gasteiger partial charge in [-0.1, -0.05) is 19.1 Å². The lowest BCUT2D eigenvalue weighted by Crippen LogP contribution is -2.46. The van der Waals surface area contributed by atoms with Gasteiger partial charge in [0, 0.05) is 24.2 Å². The minimum Gasteiger partial charge on any atom is -0.508 e. The summed E-state index contributed by atoms with van der Waals surface area (Å²) < 4.78 is 0. The largest absolute Gasteiger partial charge is 0.508 e. The van der Waals surface area contributed by atoms with Crippen molar-refractivity contribution in [2.75, 3.05) is 0 Å². The second-order valence-electron chi connectivity index (χ2n) is 7.97. The fourth-order valence-corrected chi connectivity index (χ4v) is 5.53. The Hall–Kier alpha value is -1.90. The summed E-state index contributed by atoms with van der Waals surface area (Å²) in [6.07, 6.45) is 6.06. The summed E-state index contributed by atoms with van der Waals surface area (Å²) in [7, 11) is 0. The Morgan fingerprint density at radius 3 is 2.88 bits per heavy atom. The van der Waals surface area contributed by atoms with E-state index in [1.54, 1.807) is 12.1 Å². The Labute approximate surface area is 142 Å². The zero-order valence-electron chi connectivity index (χ0n) is 14.2. The number of aromatic hydroxyl groups is 1. The van der Waals surface area contributed by atoms with Gasteiger partial charge in [-0.2, -0.15) is 0 Å². The summed E-state index contributed by atoms with van der Waals surface area (Å²) in [6.45, 7) is 5.84. The van der Waals surface area contributed by atoms with Crippen molar-refractivity contribution in [2.45, 2.75) is 51.4 Å². The molecule has 1 aromatic carbocycles. The molecule has 2 saturated carbocycles. The SMILES string of the molecule is C=CCc1cc2c(cc1O)CC(=O)C1C2CC[C@]2(C)C(=O)CCC12. The van der Waals surface area contributed by atoms with E-state index < -0.39 is 0 Å². The Balaban J connectivity index is 1.79. The third-order valence-corrected chi connectivity index (χ3v) is 6.82. The van der Waals surface area contributed by atoms with Gasteiger partial charge in [0.2, 0.25) is 0 Å². The molecule has 24 heavy (non-hydrogen) atoms. The normalized spacial score (nSPS) is 34.5. The molecule has 2 fully saturated rings. The summed E-state index contributed by atoms with van der Waals surface area (Å²) in [5, 5.41) is 10.2. The lowest BCUT2D eigenvalue weighted by Gasteiger charge is -2.47. The lowest BCUT2D eigenvalue weighted by molar-refractivity contribution is -0.135. The van der Waals surface area contributed by atoms with E-state index in [1.807, 2.05) is 0 Å². The quantitative estimate of drug-likeness (QED) is 0.844. The molecule has 126 valence electrons. The number of ketones is 2. The Morgan fingerprint density at radius 2 is 2.12 bits per heavy atom. The van der Waals surface area contributed by atoms with E-state index in [2.05, 4.69) is 19.6 Å². The van der Waals surface area contributed by atoms with Gasteiger partial charge in [0.25, 0.3) is 0 Å². The fraction of sp³-hybridized carbons (Fsp3) is 0.524. The summed E-state index contributed by atoms with van der Waals surface area (Å²) in [6, 6.07) is 3.85. The Morgan fingerprint density at radius 1 is 1.33 bits per heavy atom. The van der Waals surface area contributed by atoms with Crippen molar-refractivity contribution in [3.63, 3.8) is 0 Å². The first-order chi connectivity index (χ1) is 11.5. The van der Waals surface area contributed by atoms with E-state index in [0.29, 0.717) is 25.0 Å². The van der Waals surface area contributed by atoms with Crippen molar-refractivity contribution in [2.24, 2.45) is 17.3 Å². The standard InChI is InChI=1S/C21H24O3/c1-3-4-12-9-15-13(10-17(12)22)11-18(23)20-14(15)7-8-21(2)16(20)5-6-19(21)24/h3,9-10,14,16,20,22H,1,4-8,11H2,2H3/t14?,16?,20?,21-/m0/s1. The van der Waals surface area contributed by atoms with Crippen LogP contribution in [-0.4, -0.2) is 16.7 Å². The molecule has 0 spiro atoms. The van der Waals surface area contributed by atoms with Gasteiger partial charge in [-0.25, -0.2) is 0 Å². The van der Waals surface area contributed by atoms with Crippen LogP contribution in [0, 0.1) is 17.3 Å². The van der Waals surface area contributed by atoms with Crippen molar-refractivity contribution in [3.05, 3.63) is 41.5 Å². The highest BCUT2D eigenvalue weighted by atomic mass is 16.3. The first-order valence-electron chi connectivity index (χ1n) is 8.97. The second-order valence-corrected chi connectivity index (χ2v) is 7.97. The lowest BCUT2D eigenvalue weighted by atomic mass is 9.55. The predicted octanol–water partition coefficient (Wildman–Crippen LogP) is 3.72. The zero-order chi connectivity index (χ0) is 17.1. The molecule has 3 unspecified atom stereocenters. The van der Waals surface area contributed by atoms with Gasteiger partial charge in [0.15, 0.2) is 0 Å². The van der Waals surface area contributed by atoms with Crippen LogP contribution >= 0.6 is 0 Å². The number of phenolic OH excluding ortho intramolecular Hbond substituents is 1. The van der Waals surface area contributed by atoms with E-state index in [4.69, 9.17) is 0 Å². The van der Waals surface area contributed by atoms with Crippen molar-refractivity contribution >= 4 is 11.6 Å². The summed E-state index contributed by atoms with van der Waals surface area (Å²) in [4.78, 5) is 25.3. The van der Waals surface area contributed by atoms with Crippen LogP contribution < -0.4 is 0 Å². The third kappa shape index (κ3) is 2.03. The number of phenols is 1. The molecule has 4 rings (SSSR count). The monoisotopic (exact) mass is 324 g/mol. The van der Waals surface area contributed by atoms with Crippen LogP contribution in [0.4, 0.5) is 0 Å². The summed E-state index contributed by atoms with van der Waals surface area (Å²) in [5.74, 6) is 1.24. The van der Waals surface area contributed by atoms with Gasteiger partial charge in [-0.15, -0.1) is 6.58 Å². The predicted molar refractivity (Wildman–Crippen MR) is 92.0 cm³/mol. The molecule has 1 N–H and O–H groups in total. The number of allylic oxidation sites excluding steroid dienone is 1. The van der Waals surface area contributed by atoms with E-state index in [1.165, 1.54) is 5.56 Å².